The second-order valence-electron chi connectivity index (χ2n) is 5.64. The Morgan fingerprint density at radius 2 is 2.16 bits per heavy atom. The number of imidazole rings is 1. The minimum absolute atomic E-state index is 0.165. The zero-order chi connectivity index (χ0) is 13.6. The normalized spacial score (nSPS) is 18.7. The summed E-state index contributed by atoms with van der Waals surface area (Å²) in [6.45, 7) is 5.10. The summed E-state index contributed by atoms with van der Waals surface area (Å²) in [4.78, 5) is 4.50. The molecule has 0 N–H and O–H groups in total. The van der Waals surface area contributed by atoms with E-state index in [1.807, 2.05) is 6.92 Å². The third-order valence-corrected chi connectivity index (χ3v) is 4.19. The average molecular weight is 281 g/mol. The number of fused-ring (bicyclic) bond motifs is 1. The summed E-state index contributed by atoms with van der Waals surface area (Å²) < 4.78 is 15.5. The number of rotatable bonds is 4. The van der Waals surface area contributed by atoms with Crippen LogP contribution in [0.3, 0.4) is 0 Å². The molecule has 0 saturated heterocycles. The van der Waals surface area contributed by atoms with Gasteiger partial charge in [-0.1, -0.05) is 6.92 Å². The lowest BCUT2D eigenvalue weighted by Gasteiger charge is -2.15. The van der Waals surface area contributed by atoms with Crippen LogP contribution in [-0.4, -0.2) is 9.55 Å². The summed E-state index contributed by atoms with van der Waals surface area (Å²) in [5.74, 6) is 2.05. The third-order valence-electron chi connectivity index (χ3n) is 3.99. The smallest absolute Gasteiger partial charge is 0.127 e. The topological polar surface area (TPSA) is 17.8 Å². The second-order valence-corrected chi connectivity index (χ2v) is 6.30. The van der Waals surface area contributed by atoms with Crippen molar-refractivity contribution in [1.29, 1.82) is 0 Å². The van der Waals surface area contributed by atoms with E-state index in [1.54, 1.807) is 6.07 Å². The van der Waals surface area contributed by atoms with E-state index in [0.29, 0.717) is 11.4 Å². The van der Waals surface area contributed by atoms with Crippen molar-refractivity contribution >= 4 is 22.6 Å². The molecule has 1 aliphatic rings. The van der Waals surface area contributed by atoms with Gasteiger partial charge in [-0.25, -0.2) is 9.37 Å². The maximum atomic E-state index is 13.3. The van der Waals surface area contributed by atoms with Crippen LogP contribution < -0.4 is 0 Å². The van der Waals surface area contributed by atoms with Crippen molar-refractivity contribution in [1.82, 2.24) is 9.55 Å². The standard InChI is InChI=1S/C15H18ClFN2/c1-9(11-3-4-11)8-19-14-6-5-12(17)7-13(14)18-15(19)10(2)16/h5-7,9-11H,3-4,8H2,1-2H3. The number of hydrogen-bond donors (Lipinski definition) is 0. The number of benzene rings is 1. The van der Waals surface area contributed by atoms with Gasteiger partial charge in [-0.15, -0.1) is 11.6 Å². The van der Waals surface area contributed by atoms with E-state index in [4.69, 9.17) is 11.6 Å². The number of halogens is 2. The van der Waals surface area contributed by atoms with Crippen molar-refractivity contribution < 1.29 is 4.39 Å². The molecule has 19 heavy (non-hydrogen) atoms. The molecule has 1 heterocycles. The molecule has 2 unspecified atom stereocenters. The quantitative estimate of drug-likeness (QED) is 0.753. The van der Waals surface area contributed by atoms with E-state index in [0.717, 1.165) is 23.8 Å². The number of nitrogens with zero attached hydrogens (tertiary/aromatic N) is 2. The predicted molar refractivity (Wildman–Crippen MR) is 75.8 cm³/mol. The van der Waals surface area contributed by atoms with Crippen LogP contribution in [0, 0.1) is 17.7 Å². The molecule has 0 bridgehead atoms. The fraction of sp³-hybridized carbons (Fsp3) is 0.533. The Labute approximate surface area is 117 Å². The van der Waals surface area contributed by atoms with Gasteiger partial charge < -0.3 is 4.57 Å². The van der Waals surface area contributed by atoms with Crippen LogP contribution >= 0.6 is 11.6 Å². The highest BCUT2D eigenvalue weighted by molar-refractivity contribution is 6.20. The van der Waals surface area contributed by atoms with Gasteiger partial charge in [0.05, 0.1) is 16.4 Å². The highest BCUT2D eigenvalue weighted by Gasteiger charge is 2.29. The lowest BCUT2D eigenvalue weighted by molar-refractivity contribution is 0.428. The molecule has 0 amide bonds. The molecule has 2 atom stereocenters. The van der Waals surface area contributed by atoms with Crippen molar-refractivity contribution in [3.8, 4) is 0 Å². The van der Waals surface area contributed by atoms with Gasteiger partial charge in [0.15, 0.2) is 0 Å². The summed E-state index contributed by atoms with van der Waals surface area (Å²) in [7, 11) is 0. The van der Waals surface area contributed by atoms with Crippen LogP contribution in [0.15, 0.2) is 18.2 Å². The monoisotopic (exact) mass is 280 g/mol. The summed E-state index contributed by atoms with van der Waals surface area (Å²) in [5, 5.41) is -0.165. The van der Waals surface area contributed by atoms with Crippen LogP contribution in [0.25, 0.3) is 11.0 Å². The number of hydrogen-bond acceptors (Lipinski definition) is 1. The molecule has 2 nitrogen and oxygen atoms in total. The molecule has 1 saturated carbocycles. The zero-order valence-electron chi connectivity index (χ0n) is 11.2. The van der Waals surface area contributed by atoms with E-state index in [-0.39, 0.29) is 11.2 Å². The molecule has 1 aromatic heterocycles. The largest absolute Gasteiger partial charge is 0.326 e. The predicted octanol–water partition coefficient (Wildman–Crippen LogP) is 4.52. The minimum atomic E-state index is -0.249. The fourth-order valence-electron chi connectivity index (χ4n) is 2.72. The van der Waals surface area contributed by atoms with Gasteiger partial charge in [0.25, 0.3) is 0 Å². The Bertz CT molecular complexity index is 601. The van der Waals surface area contributed by atoms with Crippen molar-refractivity contribution in [2.75, 3.05) is 0 Å². The first kappa shape index (κ1) is 12.9. The van der Waals surface area contributed by atoms with Gasteiger partial charge in [-0.05, 0) is 43.7 Å². The summed E-state index contributed by atoms with van der Waals surface area (Å²) in [5.41, 5.74) is 1.68. The first-order valence-electron chi connectivity index (χ1n) is 6.86. The summed E-state index contributed by atoms with van der Waals surface area (Å²) in [6.07, 6.45) is 2.66. The van der Waals surface area contributed by atoms with E-state index in [2.05, 4.69) is 16.5 Å². The van der Waals surface area contributed by atoms with Crippen LogP contribution in [0.4, 0.5) is 4.39 Å². The molecular formula is C15H18ClFN2. The average Bonchev–Trinajstić information content (AvgIpc) is 3.13. The minimum Gasteiger partial charge on any atom is -0.326 e. The van der Waals surface area contributed by atoms with Gasteiger partial charge in [0.1, 0.15) is 11.6 Å². The van der Waals surface area contributed by atoms with Crippen molar-refractivity contribution in [3.63, 3.8) is 0 Å². The van der Waals surface area contributed by atoms with Crippen molar-refractivity contribution in [3.05, 3.63) is 29.8 Å². The van der Waals surface area contributed by atoms with Gasteiger partial charge >= 0.3 is 0 Å². The molecule has 0 radical (unpaired) electrons. The van der Waals surface area contributed by atoms with Crippen LogP contribution in [0.1, 0.15) is 37.9 Å². The highest BCUT2D eigenvalue weighted by atomic mass is 35.5. The Kier molecular flexibility index (Phi) is 3.25. The number of alkyl halides is 1. The third kappa shape index (κ3) is 2.48. The highest BCUT2D eigenvalue weighted by Crippen LogP contribution is 2.38. The van der Waals surface area contributed by atoms with E-state index >= 15 is 0 Å². The maximum Gasteiger partial charge on any atom is 0.127 e. The van der Waals surface area contributed by atoms with Crippen molar-refractivity contribution in [2.24, 2.45) is 11.8 Å². The van der Waals surface area contributed by atoms with E-state index in [9.17, 15) is 4.39 Å². The Morgan fingerprint density at radius 3 is 2.79 bits per heavy atom. The molecule has 0 spiro atoms. The lowest BCUT2D eigenvalue weighted by atomic mass is 10.1. The van der Waals surface area contributed by atoms with Gasteiger partial charge in [0.2, 0.25) is 0 Å². The molecule has 1 aromatic carbocycles. The van der Waals surface area contributed by atoms with Gasteiger partial charge in [-0.3, -0.25) is 0 Å². The van der Waals surface area contributed by atoms with Crippen LogP contribution in [-0.2, 0) is 6.54 Å². The van der Waals surface area contributed by atoms with Gasteiger partial charge in [0, 0.05) is 12.6 Å². The van der Waals surface area contributed by atoms with Crippen molar-refractivity contribution in [2.45, 2.75) is 38.6 Å². The molecule has 3 rings (SSSR count). The zero-order valence-corrected chi connectivity index (χ0v) is 12.0. The van der Waals surface area contributed by atoms with E-state index in [1.165, 1.54) is 25.0 Å². The Balaban J connectivity index is 2.05. The molecular weight excluding hydrogens is 263 g/mol. The van der Waals surface area contributed by atoms with E-state index < -0.39 is 0 Å². The lowest BCUT2D eigenvalue weighted by Crippen LogP contribution is -2.12. The number of aromatic nitrogens is 2. The second kappa shape index (κ2) is 4.78. The molecule has 1 aliphatic carbocycles. The SMILES string of the molecule is CC(Cl)c1nc2cc(F)ccc2n1CC(C)C1CC1. The molecule has 2 aromatic rings. The van der Waals surface area contributed by atoms with Gasteiger partial charge in [-0.2, -0.15) is 0 Å². The first-order valence-corrected chi connectivity index (χ1v) is 7.29. The van der Waals surface area contributed by atoms with Crippen LogP contribution in [0.5, 0.6) is 0 Å². The van der Waals surface area contributed by atoms with Crippen LogP contribution in [0.2, 0.25) is 0 Å². The molecule has 102 valence electrons. The molecule has 4 heteroatoms. The fourth-order valence-corrected chi connectivity index (χ4v) is 2.89. The molecule has 0 aliphatic heterocycles. The summed E-state index contributed by atoms with van der Waals surface area (Å²) in [6, 6.07) is 4.78. The Morgan fingerprint density at radius 1 is 1.42 bits per heavy atom. The maximum absolute atomic E-state index is 13.3. The molecule has 1 fully saturated rings. The summed E-state index contributed by atoms with van der Waals surface area (Å²) >= 11 is 6.22. The first-order chi connectivity index (χ1) is 9.06. The Hall–Kier alpha value is -1.09.